The Hall–Kier alpha value is -4.10. The second-order valence-electron chi connectivity index (χ2n) is 8.89. The number of nitrogens with one attached hydrogen (secondary N) is 1. The molecule has 3 rings (SSSR count). The maximum Gasteiger partial charge on any atom is 0.422 e. The van der Waals surface area contributed by atoms with Crippen molar-refractivity contribution in [2.24, 2.45) is 5.73 Å². The normalized spacial score (nSPS) is 12.9. The number of halogens is 5. The fourth-order valence-corrected chi connectivity index (χ4v) is 4.09. The first-order chi connectivity index (χ1) is 19.2. The molecule has 3 aromatic rings. The van der Waals surface area contributed by atoms with Crippen LogP contribution >= 0.6 is 11.6 Å². The second kappa shape index (κ2) is 13.0. The minimum Gasteiger partial charge on any atom is -0.495 e. The lowest BCUT2D eigenvalue weighted by atomic mass is 10.0. The number of pyridine rings is 1. The molecule has 0 aliphatic carbocycles. The molecule has 0 aliphatic heterocycles. The zero-order valence-corrected chi connectivity index (χ0v) is 22.8. The molecule has 220 valence electrons. The smallest absolute Gasteiger partial charge is 0.422 e. The van der Waals surface area contributed by atoms with Crippen LogP contribution < -0.4 is 26.1 Å². The SMILES string of the molecule is COc1cn(C(C[C@H](C)OC)C(=O)Nc2ccc(C(N)=O)c(F)c2)c(=O)cc1-c1cc(Cl)ccc1OCC(F)(F)F. The Labute approximate surface area is 236 Å². The fraction of sp³-hybridized carbons (Fsp3) is 0.296. The van der Waals surface area contributed by atoms with Gasteiger partial charge in [0.05, 0.1) is 25.0 Å². The number of hydrogen-bond donors (Lipinski definition) is 2. The number of amides is 2. The molecule has 0 saturated carbocycles. The van der Waals surface area contributed by atoms with E-state index in [-0.39, 0.29) is 45.3 Å². The molecule has 0 aliphatic rings. The van der Waals surface area contributed by atoms with Crippen molar-refractivity contribution in [2.75, 3.05) is 26.1 Å². The lowest BCUT2D eigenvalue weighted by molar-refractivity contribution is -0.153. The monoisotopic (exact) mass is 599 g/mol. The molecular formula is C27H26ClF4N3O6. The highest BCUT2D eigenvalue weighted by molar-refractivity contribution is 6.31. The zero-order valence-electron chi connectivity index (χ0n) is 22.1. The number of nitrogens with zero attached hydrogens (tertiary/aromatic N) is 1. The van der Waals surface area contributed by atoms with Crippen molar-refractivity contribution in [3.8, 4) is 22.6 Å². The van der Waals surface area contributed by atoms with Crippen LogP contribution in [0, 0.1) is 5.82 Å². The Bertz CT molecular complexity index is 1490. The molecule has 9 nitrogen and oxygen atoms in total. The van der Waals surface area contributed by atoms with Crippen LogP contribution in [0.25, 0.3) is 11.1 Å². The van der Waals surface area contributed by atoms with Crippen molar-refractivity contribution >= 4 is 29.1 Å². The summed E-state index contributed by atoms with van der Waals surface area (Å²) in [6.45, 7) is 0.0770. The number of carbonyl (C=O) groups excluding carboxylic acids is 2. The van der Waals surface area contributed by atoms with E-state index in [1.165, 1.54) is 44.7 Å². The van der Waals surface area contributed by atoms with E-state index in [4.69, 9.17) is 31.5 Å². The van der Waals surface area contributed by atoms with Crippen molar-refractivity contribution in [1.82, 2.24) is 4.57 Å². The number of alkyl halides is 3. The van der Waals surface area contributed by atoms with Gasteiger partial charge >= 0.3 is 6.18 Å². The Morgan fingerprint density at radius 2 is 1.76 bits per heavy atom. The third-order valence-corrected chi connectivity index (χ3v) is 6.22. The summed E-state index contributed by atoms with van der Waals surface area (Å²) in [5.74, 6) is -2.86. The highest BCUT2D eigenvalue weighted by Crippen LogP contribution is 2.38. The first-order valence-corrected chi connectivity index (χ1v) is 12.3. The van der Waals surface area contributed by atoms with E-state index < -0.39 is 48.1 Å². The van der Waals surface area contributed by atoms with Crippen LogP contribution in [0.1, 0.15) is 29.7 Å². The van der Waals surface area contributed by atoms with Crippen molar-refractivity contribution in [3.05, 3.63) is 75.4 Å². The number of hydrogen-bond acceptors (Lipinski definition) is 6. The summed E-state index contributed by atoms with van der Waals surface area (Å²) in [7, 11) is 2.68. The van der Waals surface area contributed by atoms with Gasteiger partial charge < -0.3 is 25.3 Å². The molecule has 0 saturated heterocycles. The van der Waals surface area contributed by atoms with Gasteiger partial charge in [0, 0.05) is 41.4 Å². The van der Waals surface area contributed by atoms with Crippen LogP contribution in [0.15, 0.2) is 53.5 Å². The predicted octanol–water partition coefficient (Wildman–Crippen LogP) is 4.96. The minimum absolute atomic E-state index is 0.00501. The highest BCUT2D eigenvalue weighted by Gasteiger charge is 2.30. The number of anilines is 1. The Morgan fingerprint density at radius 3 is 2.34 bits per heavy atom. The lowest BCUT2D eigenvalue weighted by Gasteiger charge is -2.24. The number of nitrogens with two attached hydrogens (primary N) is 1. The van der Waals surface area contributed by atoms with Crippen molar-refractivity contribution < 1.29 is 41.4 Å². The maximum absolute atomic E-state index is 14.3. The van der Waals surface area contributed by atoms with Crippen molar-refractivity contribution in [1.29, 1.82) is 0 Å². The molecule has 2 amide bonds. The first-order valence-electron chi connectivity index (χ1n) is 12.0. The van der Waals surface area contributed by atoms with Crippen LogP contribution in [-0.4, -0.2) is 49.5 Å². The summed E-state index contributed by atoms with van der Waals surface area (Å²) < 4.78 is 69.5. The second-order valence-corrected chi connectivity index (χ2v) is 9.33. The molecule has 0 bridgehead atoms. The molecule has 0 fully saturated rings. The van der Waals surface area contributed by atoms with Gasteiger partial charge in [-0.05, 0) is 43.3 Å². The molecule has 0 spiro atoms. The molecule has 1 heterocycles. The van der Waals surface area contributed by atoms with Crippen LogP contribution in [0.3, 0.4) is 0 Å². The predicted molar refractivity (Wildman–Crippen MR) is 143 cm³/mol. The minimum atomic E-state index is -4.62. The molecule has 1 aromatic heterocycles. The first kappa shape index (κ1) is 31.4. The van der Waals surface area contributed by atoms with E-state index in [0.29, 0.717) is 0 Å². The van der Waals surface area contributed by atoms with E-state index >= 15 is 0 Å². The van der Waals surface area contributed by atoms with E-state index in [1.807, 2.05) is 0 Å². The van der Waals surface area contributed by atoms with Crippen LogP contribution in [0.2, 0.25) is 5.02 Å². The summed E-state index contributed by atoms with van der Waals surface area (Å²) in [6.07, 6.45) is -3.93. The number of aromatic nitrogens is 1. The molecule has 41 heavy (non-hydrogen) atoms. The standard InChI is InChI=1S/C27H26ClF4N3O6/c1-14(39-2)8-21(26(38)34-16-5-6-17(25(33)37)20(29)10-16)35-12-23(40-3)19(11-24(35)36)18-9-15(28)4-7-22(18)41-13-27(30,31)32/h4-7,9-12,14,21H,8,13H2,1-3H3,(H2,33,37)(H,34,38)/t14-,21?/m0/s1. The summed E-state index contributed by atoms with van der Waals surface area (Å²) in [5.41, 5.74) is 4.14. The number of benzene rings is 2. The van der Waals surface area contributed by atoms with Gasteiger partial charge in [0.1, 0.15) is 23.4 Å². The summed E-state index contributed by atoms with van der Waals surface area (Å²) >= 11 is 6.08. The fourth-order valence-electron chi connectivity index (χ4n) is 3.92. The van der Waals surface area contributed by atoms with Gasteiger partial charge in [-0.2, -0.15) is 13.2 Å². The number of methoxy groups -OCH3 is 2. The summed E-state index contributed by atoms with van der Waals surface area (Å²) in [4.78, 5) is 38.0. The van der Waals surface area contributed by atoms with Gasteiger partial charge in [0.25, 0.3) is 11.5 Å². The summed E-state index contributed by atoms with van der Waals surface area (Å²) in [5, 5.41) is 2.66. The number of rotatable bonds is 11. The third-order valence-electron chi connectivity index (χ3n) is 5.99. The Kier molecular flexibility index (Phi) is 10.00. The van der Waals surface area contributed by atoms with Gasteiger partial charge in [0.2, 0.25) is 5.91 Å². The molecule has 0 radical (unpaired) electrons. The number of primary amides is 1. The molecular weight excluding hydrogens is 574 g/mol. The highest BCUT2D eigenvalue weighted by atomic mass is 35.5. The van der Waals surface area contributed by atoms with Gasteiger partial charge in [0.15, 0.2) is 6.61 Å². The number of carbonyl (C=O) groups is 2. The molecule has 3 N–H and O–H groups in total. The molecule has 1 unspecified atom stereocenters. The van der Waals surface area contributed by atoms with Crippen LogP contribution in [0.4, 0.5) is 23.2 Å². The van der Waals surface area contributed by atoms with Gasteiger partial charge in [-0.15, -0.1) is 0 Å². The van der Waals surface area contributed by atoms with E-state index in [0.717, 1.165) is 22.8 Å². The van der Waals surface area contributed by atoms with E-state index in [9.17, 15) is 31.9 Å². The molecule has 2 atom stereocenters. The van der Waals surface area contributed by atoms with Crippen LogP contribution in [-0.2, 0) is 9.53 Å². The maximum atomic E-state index is 14.3. The quantitative estimate of drug-likeness (QED) is 0.301. The van der Waals surface area contributed by atoms with Crippen LogP contribution in [0.5, 0.6) is 11.5 Å². The Balaban J connectivity index is 2.06. The average molecular weight is 600 g/mol. The Morgan fingerprint density at radius 1 is 1.07 bits per heavy atom. The van der Waals surface area contributed by atoms with Gasteiger partial charge in [-0.1, -0.05) is 11.6 Å². The van der Waals surface area contributed by atoms with E-state index in [1.54, 1.807) is 6.92 Å². The van der Waals surface area contributed by atoms with E-state index in [2.05, 4.69) is 5.32 Å². The lowest BCUT2D eigenvalue weighted by Crippen LogP contribution is -2.35. The summed E-state index contributed by atoms with van der Waals surface area (Å²) in [6, 6.07) is 7.02. The van der Waals surface area contributed by atoms with Crippen molar-refractivity contribution in [3.63, 3.8) is 0 Å². The average Bonchev–Trinajstić information content (AvgIpc) is 2.90. The zero-order chi connectivity index (χ0) is 30.5. The third kappa shape index (κ3) is 7.98. The van der Waals surface area contributed by atoms with Crippen molar-refractivity contribution in [2.45, 2.75) is 31.7 Å². The molecule has 14 heteroatoms. The molecule has 2 aromatic carbocycles. The largest absolute Gasteiger partial charge is 0.495 e. The number of ether oxygens (including phenoxy) is 3. The van der Waals surface area contributed by atoms with Gasteiger partial charge in [-0.25, -0.2) is 4.39 Å². The van der Waals surface area contributed by atoms with Gasteiger partial charge in [-0.3, -0.25) is 19.0 Å². The topological polar surface area (TPSA) is 122 Å².